The van der Waals surface area contributed by atoms with Crippen molar-refractivity contribution in [3.63, 3.8) is 0 Å². The number of aromatic nitrogens is 2. The Morgan fingerprint density at radius 2 is 2.39 bits per heavy atom. The average Bonchev–Trinajstić information content (AvgIpc) is 2.33. The van der Waals surface area contributed by atoms with E-state index in [1.165, 1.54) is 17.8 Å². The van der Waals surface area contributed by atoms with Gasteiger partial charge in [0.15, 0.2) is 5.16 Å². The lowest BCUT2D eigenvalue weighted by Crippen LogP contribution is -2.43. The van der Waals surface area contributed by atoms with Gasteiger partial charge in [0.2, 0.25) is 0 Å². The van der Waals surface area contributed by atoms with Crippen LogP contribution in [-0.2, 0) is 0 Å². The zero-order chi connectivity index (χ0) is 13.6. The summed E-state index contributed by atoms with van der Waals surface area (Å²) in [6, 6.07) is 3.71. The van der Waals surface area contributed by atoms with Crippen LogP contribution in [0.4, 0.5) is 0 Å². The normalized spacial score (nSPS) is 13.9. The molecule has 0 bridgehead atoms. The number of thioether (sulfide) groups is 1. The number of hydrogen-bond donors (Lipinski definition) is 2. The molecule has 1 aromatic rings. The largest absolute Gasteiger partial charge is 0.301 e. The molecule has 0 radical (unpaired) electrons. The van der Waals surface area contributed by atoms with Gasteiger partial charge in [-0.2, -0.15) is 5.26 Å². The Labute approximate surface area is 111 Å². The lowest BCUT2D eigenvalue weighted by Gasteiger charge is -2.22. The number of nitriles is 1. The third-order valence-electron chi connectivity index (χ3n) is 2.36. The molecule has 0 aromatic carbocycles. The predicted molar refractivity (Wildman–Crippen MR) is 72.6 cm³/mol. The second kappa shape index (κ2) is 6.57. The van der Waals surface area contributed by atoms with E-state index in [4.69, 9.17) is 0 Å². The smallest absolute Gasteiger partial charge is 0.251 e. The van der Waals surface area contributed by atoms with Gasteiger partial charge in [-0.05, 0) is 26.8 Å². The molecular weight excluding hydrogens is 248 g/mol. The van der Waals surface area contributed by atoms with Gasteiger partial charge in [-0.3, -0.25) is 10.1 Å². The molecule has 0 aliphatic heterocycles. The van der Waals surface area contributed by atoms with Crippen molar-refractivity contribution in [1.82, 2.24) is 15.3 Å². The minimum atomic E-state index is -0.608. The number of nitrogens with zero attached hydrogens (tertiary/aromatic N) is 2. The van der Waals surface area contributed by atoms with Gasteiger partial charge >= 0.3 is 0 Å². The maximum Gasteiger partial charge on any atom is 0.251 e. The quantitative estimate of drug-likeness (QED) is 0.601. The Balaban J connectivity index is 2.68. The van der Waals surface area contributed by atoms with Gasteiger partial charge in [0.25, 0.3) is 5.56 Å². The Kier molecular flexibility index (Phi) is 5.38. The molecule has 0 saturated carbocycles. The van der Waals surface area contributed by atoms with Crippen molar-refractivity contribution in [2.45, 2.75) is 37.9 Å². The van der Waals surface area contributed by atoms with E-state index in [-0.39, 0.29) is 5.56 Å². The highest BCUT2D eigenvalue weighted by atomic mass is 32.2. The second-order valence-corrected chi connectivity index (χ2v) is 5.32. The van der Waals surface area contributed by atoms with Crippen LogP contribution in [0.3, 0.4) is 0 Å². The fraction of sp³-hybridized carbons (Fsp3) is 0.583. The van der Waals surface area contributed by atoms with Gasteiger partial charge < -0.3 is 4.98 Å². The van der Waals surface area contributed by atoms with Crippen LogP contribution < -0.4 is 10.9 Å². The molecule has 0 aliphatic rings. The number of rotatable bonds is 6. The highest BCUT2D eigenvalue weighted by Crippen LogP contribution is 2.18. The van der Waals surface area contributed by atoms with Crippen LogP contribution in [0, 0.1) is 18.3 Å². The number of aromatic amines is 1. The van der Waals surface area contributed by atoms with Crippen molar-refractivity contribution in [3.05, 3.63) is 22.1 Å². The predicted octanol–water partition coefficient (Wildman–Crippen LogP) is 1.45. The molecule has 0 spiro atoms. The fourth-order valence-corrected chi connectivity index (χ4v) is 2.33. The van der Waals surface area contributed by atoms with E-state index in [0.29, 0.717) is 16.6 Å². The molecule has 1 aromatic heterocycles. The molecule has 0 aliphatic carbocycles. The zero-order valence-electron chi connectivity index (χ0n) is 10.9. The Morgan fingerprint density at radius 1 is 1.67 bits per heavy atom. The third kappa shape index (κ3) is 4.51. The summed E-state index contributed by atoms with van der Waals surface area (Å²) in [6.07, 6.45) is 0.974. The number of aryl methyl sites for hydroxylation is 1. The van der Waals surface area contributed by atoms with Crippen LogP contribution in [0.5, 0.6) is 0 Å². The lowest BCUT2D eigenvalue weighted by atomic mass is 10.1. The SMILES string of the molecule is CCCNC(C)(C#N)CSc1nc(C)cc(=O)[nH]1. The first-order valence-electron chi connectivity index (χ1n) is 5.86. The Morgan fingerprint density at radius 3 is 2.94 bits per heavy atom. The van der Waals surface area contributed by atoms with Crippen molar-refractivity contribution in [2.75, 3.05) is 12.3 Å². The minimum absolute atomic E-state index is 0.162. The van der Waals surface area contributed by atoms with Crippen LogP contribution >= 0.6 is 11.8 Å². The molecule has 1 heterocycles. The highest BCUT2D eigenvalue weighted by molar-refractivity contribution is 7.99. The van der Waals surface area contributed by atoms with E-state index in [0.717, 1.165) is 13.0 Å². The molecule has 1 rings (SSSR count). The maximum atomic E-state index is 11.3. The van der Waals surface area contributed by atoms with E-state index in [2.05, 4.69) is 28.3 Å². The molecule has 0 amide bonds. The monoisotopic (exact) mass is 266 g/mol. The van der Waals surface area contributed by atoms with Gasteiger partial charge in [-0.15, -0.1) is 0 Å². The summed E-state index contributed by atoms with van der Waals surface area (Å²) in [5.74, 6) is 0.538. The Hall–Kier alpha value is -1.32. The molecular formula is C12H18N4OS. The summed E-state index contributed by atoms with van der Waals surface area (Å²) >= 11 is 1.38. The van der Waals surface area contributed by atoms with Crippen LogP contribution in [0.1, 0.15) is 26.0 Å². The van der Waals surface area contributed by atoms with Crippen molar-refractivity contribution in [3.8, 4) is 6.07 Å². The molecule has 1 atom stereocenters. The van der Waals surface area contributed by atoms with Gasteiger partial charge in [0, 0.05) is 17.5 Å². The van der Waals surface area contributed by atoms with Crippen molar-refractivity contribution < 1.29 is 0 Å². The maximum absolute atomic E-state index is 11.3. The fourth-order valence-electron chi connectivity index (χ4n) is 1.36. The first-order chi connectivity index (χ1) is 8.49. The summed E-state index contributed by atoms with van der Waals surface area (Å²) in [6.45, 7) is 6.47. The molecule has 6 heteroatoms. The average molecular weight is 266 g/mol. The second-order valence-electron chi connectivity index (χ2n) is 4.35. The van der Waals surface area contributed by atoms with Gasteiger partial charge in [-0.25, -0.2) is 4.98 Å². The summed E-state index contributed by atoms with van der Waals surface area (Å²) in [5, 5.41) is 12.9. The van der Waals surface area contributed by atoms with Crippen molar-refractivity contribution >= 4 is 11.8 Å². The number of hydrogen-bond acceptors (Lipinski definition) is 5. The van der Waals surface area contributed by atoms with Crippen molar-refractivity contribution in [2.24, 2.45) is 0 Å². The van der Waals surface area contributed by atoms with Crippen LogP contribution in [0.2, 0.25) is 0 Å². The standard InChI is InChI=1S/C12H18N4OS/c1-4-5-14-12(3,7-13)8-18-11-15-9(2)6-10(17)16-11/h6,14H,4-5,8H2,1-3H3,(H,15,16,17). The Bertz CT molecular complexity index is 494. The summed E-state index contributed by atoms with van der Waals surface area (Å²) < 4.78 is 0. The van der Waals surface area contributed by atoms with E-state index in [9.17, 15) is 10.1 Å². The van der Waals surface area contributed by atoms with E-state index in [1.807, 2.05) is 6.92 Å². The highest BCUT2D eigenvalue weighted by Gasteiger charge is 2.23. The first kappa shape index (κ1) is 14.7. The zero-order valence-corrected chi connectivity index (χ0v) is 11.7. The molecule has 18 heavy (non-hydrogen) atoms. The topological polar surface area (TPSA) is 81.6 Å². The van der Waals surface area contributed by atoms with E-state index >= 15 is 0 Å². The molecule has 0 fully saturated rings. The van der Waals surface area contributed by atoms with Crippen LogP contribution in [0.25, 0.3) is 0 Å². The summed E-state index contributed by atoms with van der Waals surface area (Å²) in [7, 11) is 0. The summed E-state index contributed by atoms with van der Waals surface area (Å²) in [4.78, 5) is 18.2. The minimum Gasteiger partial charge on any atom is -0.301 e. The van der Waals surface area contributed by atoms with Gasteiger partial charge in [-0.1, -0.05) is 18.7 Å². The molecule has 5 nitrogen and oxygen atoms in total. The van der Waals surface area contributed by atoms with E-state index < -0.39 is 5.54 Å². The summed E-state index contributed by atoms with van der Waals surface area (Å²) in [5.41, 5.74) is -0.0881. The molecule has 2 N–H and O–H groups in total. The molecule has 98 valence electrons. The number of H-pyrrole nitrogens is 1. The van der Waals surface area contributed by atoms with Crippen LogP contribution in [-0.4, -0.2) is 27.8 Å². The van der Waals surface area contributed by atoms with Gasteiger partial charge in [0.05, 0.1) is 6.07 Å². The molecule has 1 unspecified atom stereocenters. The van der Waals surface area contributed by atoms with Crippen LogP contribution in [0.15, 0.2) is 16.0 Å². The third-order valence-corrected chi connectivity index (χ3v) is 3.55. The van der Waals surface area contributed by atoms with Gasteiger partial charge in [0.1, 0.15) is 5.54 Å². The van der Waals surface area contributed by atoms with Crippen molar-refractivity contribution in [1.29, 1.82) is 5.26 Å². The van der Waals surface area contributed by atoms with E-state index in [1.54, 1.807) is 6.92 Å². The lowest BCUT2D eigenvalue weighted by molar-refractivity contribution is 0.493. The number of nitrogens with one attached hydrogen (secondary N) is 2. The first-order valence-corrected chi connectivity index (χ1v) is 6.84. The molecule has 0 saturated heterocycles.